The van der Waals surface area contributed by atoms with Crippen molar-refractivity contribution in [2.45, 2.75) is 32.8 Å². The van der Waals surface area contributed by atoms with E-state index in [0.717, 1.165) is 0 Å². The van der Waals surface area contributed by atoms with Gasteiger partial charge in [-0.05, 0) is 0 Å². The molecular formula is C11H15F2O3P. The molecular weight excluding hydrogens is 249 g/mol. The molecule has 0 unspecified atom stereocenters. The summed E-state index contributed by atoms with van der Waals surface area (Å²) in [4.78, 5) is 0. The van der Waals surface area contributed by atoms with E-state index in [-0.39, 0.29) is 13.2 Å². The SMILES string of the molecule is CCC#COCC(COC#CCC)OP(F)F. The van der Waals surface area contributed by atoms with Crippen LogP contribution in [-0.2, 0) is 14.0 Å². The molecule has 0 aromatic heterocycles. The molecule has 0 radical (unpaired) electrons. The predicted octanol–water partition coefficient (Wildman–Crippen LogP) is 3.31. The average molecular weight is 264 g/mol. The second-order valence-corrected chi connectivity index (χ2v) is 3.43. The molecule has 3 nitrogen and oxygen atoms in total. The fraction of sp³-hybridized carbons (Fsp3) is 0.636. The summed E-state index contributed by atoms with van der Waals surface area (Å²) < 4.78 is 38.3. The van der Waals surface area contributed by atoms with Gasteiger partial charge in [-0.1, -0.05) is 25.7 Å². The lowest BCUT2D eigenvalue weighted by Crippen LogP contribution is -2.21. The first kappa shape index (κ1) is 16.0. The van der Waals surface area contributed by atoms with Gasteiger partial charge >= 0.3 is 8.77 Å². The third-order valence-electron chi connectivity index (χ3n) is 1.41. The topological polar surface area (TPSA) is 27.7 Å². The zero-order chi connectivity index (χ0) is 12.9. The summed E-state index contributed by atoms with van der Waals surface area (Å²) in [5.41, 5.74) is 0. The Hall–Kier alpha value is -1.03. The van der Waals surface area contributed by atoms with Crippen molar-refractivity contribution in [2.24, 2.45) is 0 Å². The highest BCUT2D eigenvalue weighted by molar-refractivity contribution is 7.40. The van der Waals surface area contributed by atoms with Crippen molar-refractivity contribution in [3.05, 3.63) is 0 Å². The van der Waals surface area contributed by atoms with Crippen molar-refractivity contribution >= 4 is 8.77 Å². The highest BCUT2D eigenvalue weighted by Gasteiger charge is 2.17. The van der Waals surface area contributed by atoms with E-state index in [4.69, 9.17) is 9.47 Å². The monoisotopic (exact) mass is 264 g/mol. The first-order valence-corrected chi connectivity index (χ1v) is 6.22. The zero-order valence-corrected chi connectivity index (χ0v) is 10.7. The third kappa shape index (κ3) is 11.2. The van der Waals surface area contributed by atoms with Crippen LogP contribution in [0.3, 0.4) is 0 Å². The van der Waals surface area contributed by atoms with Crippen LogP contribution >= 0.6 is 8.77 Å². The Balaban J connectivity index is 3.95. The molecule has 0 bridgehead atoms. The van der Waals surface area contributed by atoms with E-state index >= 15 is 0 Å². The highest BCUT2D eigenvalue weighted by Crippen LogP contribution is 2.41. The maximum absolute atomic E-state index is 12.1. The standard InChI is InChI=1S/C11H15F2O3P/c1-3-5-7-14-9-11(16-17(12)13)10-15-8-6-4-2/h11H,3-4,9-10H2,1-2H3. The molecule has 0 aliphatic rings. The second-order valence-electron chi connectivity index (χ2n) is 2.82. The van der Waals surface area contributed by atoms with E-state index in [2.05, 4.69) is 28.6 Å². The number of halogens is 2. The van der Waals surface area contributed by atoms with Gasteiger partial charge in [0, 0.05) is 12.8 Å². The summed E-state index contributed by atoms with van der Waals surface area (Å²) in [5, 5.41) is 0. The largest absolute Gasteiger partial charge is 0.444 e. The Bertz CT molecular complexity index is 275. The minimum Gasteiger partial charge on any atom is -0.444 e. The van der Waals surface area contributed by atoms with Gasteiger partial charge in [0.05, 0.1) is 0 Å². The van der Waals surface area contributed by atoms with Crippen LogP contribution in [0, 0.1) is 24.1 Å². The molecule has 0 aromatic rings. The molecule has 0 saturated heterocycles. The van der Waals surface area contributed by atoms with E-state index in [9.17, 15) is 8.39 Å². The molecule has 0 fully saturated rings. The van der Waals surface area contributed by atoms with E-state index in [1.165, 1.54) is 0 Å². The van der Waals surface area contributed by atoms with Crippen LogP contribution in [0.4, 0.5) is 8.39 Å². The molecule has 0 heterocycles. The molecule has 96 valence electrons. The first-order valence-electron chi connectivity index (χ1n) is 5.18. The number of rotatable bonds is 6. The quantitative estimate of drug-likeness (QED) is 0.544. The second kappa shape index (κ2) is 11.5. The van der Waals surface area contributed by atoms with Crippen LogP contribution in [0.5, 0.6) is 0 Å². The van der Waals surface area contributed by atoms with Crippen LogP contribution in [0.15, 0.2) is 0 Å². The van der Waals surface area contributed by atoms with Gasteiger partial charge in [0.25, 0.3) is 0 Å². The summed E-state index contributed by atoms with van der Waals surface area (Å²) in [6.07, 6.45) is 5.19. The van der Waals surface area contributed by atoms with E-state index < -0.39 is 14.9 Å². The third-order valence-corrected chi connectivity index (χ3v) is 1.87. The van der Waals surface area contributed by atoms with Gasteiger partial charge in [-0.15, -0.1) is 0 Å². The van der Waals surface area contributed by atoms with Crippen LogP contribution in [-0.4, -0.2) is 19.3 Å². The van der Waals surface area contributed by atoms with Crippen molar-refractivity contribution in [3.63, 3.8) is 0 Å². The molecule has 0 aromatic carbocycles. The van der Waals surface area contributed by atoms with Crippen LogP contribution in [0.2, 0.25) is 0 Å². The smallest absolute Gasteiger partial charge is 0.415 e. The van der Waals surface area contributed by atoms with E-state index in [1.54, 1.807) is 0 Å². The molecule has 0 rings (SSSR count). The Morgan fingerprint density at radius 3 is 1.82 bits per heavy atom. The number of ether oxygens (including phenoxy) is 2. The average Bonchev–Trinajstić information content (AvgIpc) is 2.29. The van der Waals surface area contributed by atoms with Gasteiger partial charge in [-0.25, -0.2) is 0 Å². The minimum atomic E-state index is -3.45. The van der Waals surface area contributed by atoms with Gasteiger partial charge in [0.15, 0.2) is 0 Å². The van der Waals surface area contributed by atoms with Crippen molar-refractivity contribution in [1.29, 1.82) is 0 Å². The van der Waals surface area contributed by atoms with Gasteiger partial charge in [-0.2, -0.15) is 8.39 Å². The number of hydrogen-bond acceptors (Lipinski definition) is 3. The summed E-state index contributed by atoms with van der Waals surface area (Å²) in [6, 6.07) is 0. The number of hydrogen-bond donors (Lipinski definition) is 0. The Labute approximate surface area is 102 Å². The van der Waals surface area contributed by atoms with Gasteiger partial charge in [0.2, 0.25) is 0 Å². The molecule has 0 spiro atoms. The van der Waals surface area contributed by atoms with Gasteiger partial charge < -0.3 is 9.47 Å². The van der Waals surface area contributed by atoms with Crippen LogP contribution in [0.1, 0.15) is 26.7 Å². The lowest BCUT2D eigenvalue weighted by Gasteiger charge is -2.13. The zero-order valence-electron chi connectivity index (χ0n) is 9.83. The molecule has 0 aliphatic heterocycles. The minimum absolute atomic E-state index is 0.0620. The normalized spacial score (nSPS) is 9.29. The molecule has 0 atom stereocenters. The molecule has 17 heavy (non-hydrogen) atoms. The van der Waals surface area contributed by atoms with Crippen molar-refractivity contribution in [3.8, 4) is 24.1 Å². The van der Waals surface area contributed by atoms with Crippen molar-refractivity contribution in [2.75, 3.05) is 13.2 Å². The maximum Gasteiger partial charge on any atom is 0.415 e. The lowest BCUT2D eigenvalue weighted by atomic mass is 10.4. The van der Waals surface area contributed by atoms with Gasteiger partial charge in [0.1, 0.15) is 31.5 Å². The fourth-order valence-electron chi connectivity index (χ4n) is 0.737. The summed E-state index contributed by atoms with van der Waals surface area (Å²) in [5.74, 6) is 5.31. The summed E-state index contributed by atoms with van der Waals surface area (Å²) in [6.45, 7) is 3.59. The van der Waals surface area contributed by atoms with E-state index in [1.807, 2.05) is 13.8 Å². The summed E-state index contributed by atoms with van der Waals surface area (Å²) >= 11 is 0. The van der Waals surface area contributed by atoms with Crippen molar-refractivity contribution in [1.82, 2.24) is 0 Å². The lowest BCUT2D eigenvalue weighted by molar-refractivity contribution is 0.0604. The fourth-order valence-corrected chi connectivity index (χ4v) is 1.08. The predicted molar refractivity (Wildman–Crippen MR) is 62.0 cm³/mol. The van der Waals surface area contributed by atoms with Crippen molar-refractivity contribution < 1.29 is 22.4 Å². The maximum atomic E-state index is 12.1. The molecule has 0 saturated carbocycles. The molecule has 6 heteroatoms. The Morgan fingerprint density at radius 1 is 1.00 bits per heavy atom. The summed E-state index contributed by atoms with van der Waals surface area (Å²) in [7, 11) is -3.45. The Kier molecular flexibility index (Phi) is 10.8. The Morgan fingerprint density at radius 2 is 1.47 bits per heavy atom. The molecule has 0 aliphatic carbocycles. The van der Waals surface area contributed by atoms with E-state index in [0.29, 0.717) is 12.8 Å². The van der Waals surface area contributed by atoms with Gasteiger partial charge in [-0.3, -0.25) is 4.52 Å². The molecule has 0 N–H and O–H groups in total. The molecule has 0 amide bonds. The highest BCUT2D eigenvalue weighted by atomic mass is 31.2. The van der Waals surface area contributed by atoms with Crippen LogP contribution < -0.4 is 0 Å². The first-order chi connectivity index (χ1) is 8.20. The van der Waals surface area contributed by atoms with Crippen LogP contribution in [0.25, 0.3) is 0 Å².